The molecule has 1 unspecified atom stereocenters. The van der Waals surface area contributed by atoms with Gasteiger partial charge < -0.3 is 10.4 Å². The first-order chi connectivity index (χ1) is 8.66. The molecule has 2 rings (SSSR count). The van der Waals surface area contributed by atoms with Crippen molar-refractivity contribution in [2.45, 2.75) is 13.0 Å². The second kappa shape index (κ2) is 5.85. The second-order valence-corrected chi connectivity index (χ2v) is 4.55. The molecule has 0 saturated carbocycles. The molecule has 1 aromatic carbocycles. The number of aliphatic hydroxyl groups is 1. The number of rotatable bonds is 4. The Morgan fingerprint density at radius 2 is 2.11 bits per heavy atom. The Balaban J connectivity index is 2.25. The maximum Gasteiger partial charge on any atom is 0.126 e. The van der Waals surface area contributed by atoms with Crippen LogP contribution in [0.2, 0.25) is 5.02 Å². The number of benzene rings is 1. The lowest BCUT2D eigenvalue weighted by molar-refractivity contribution is 0.208. The van der Waals surface area contributed by atoms with E-state index in [1.807, 2.05) is 36.4 Å². The predicted molar refractivity (Wildman–Crippen MR) is 74.9 cm³/mol. The lowest BCUT2D eigenvalue weighted by Crippen LogP contribution is -2.15. The normalized spacial score (nSPS) is 12.2. The van der Waals surface area contributed by atoms with Gasteiger partial charge in [-0.25, -0.2) is 4.98 Å². The van der Waals surface area contributed by atoms with E-state index in [4.69, 9.17) is 11.6 Å². The Bertz CT molecular complexity index is 529. The molecule has 0 aliphatic rings. The van der Waals surface area contributed by atoms with Crippen molar-refractivity contribution in [2.24, 2.45) is 0 Å². The van der Waals surface area contributed by atoms with Crippen LogP contribution in [0, 0.1) is 0 Å². The molecule has 0 radical (unpaired) electrons. The van der Waals surface area contributed by atoms with Crippen LogP contribution in [0.25, 0.3) is 11.1 Å². The Labute approximate surface area is 111 Å². The van der Waals surface area contributed by atoms with E-state index in [0.717, 1.165) is 16.9 Å². The number of hydrogen-bond donors (Lipinski definition) is 2. The minimum absolute atomic E-state index is 0.407. The molecule has 0 aliphatic heterocycles. The van der Waals surface area contributed by atoms with Crippen LogP contribution in [-0.2, 0) is 0 Å². The minimum Gasteiger partial charge on any atom is -0.392 e. The second-order valence-electron chi connectivity index (χ2n) is 4.14. The molecule has 18 heavy (non-hydrogen) atoms. The Morgan fingerprint density at radius 3 is 2.83 bits per heavy atom. The molecule has 0 aliphatic carbocycles. The zero-order chi connectivity index (χ0) is 13.0. The Kier molecular flexibility index (Phi) is 4.18. The van der Waals surface area contributed by atoms with E-state index in [1.54, 1.807) is 13.1 Å². The van der Waals surface area contributed by atoms with E-state index in [-0.39, 0.29) is 0 Å². The van der Waals surface area contributed by atoms with E-state index in [2.05, 4.69) is 10.3 Å². The molecule has 0 saturated heterocycles. The number of aliphatic hydroxyl groups excluding tert-OH is 1. The van der Waals surface area contributed by atoms with Gasteiger partial charge >= 0.3 is 0 Å². The van der Waals surface area contributed by atoms with Crippen LogP contribution in [0.1, 0.15) is 6.92 Å². The minimum atomic E-state index is -0.407. The summed E-state index contributed by atoms with van der Waals surface area (Å²) in [6.07, 6.45) is 1.32. The third-order valence-corrected chi connectivity index (χ3v) is 2.85. The lowest BCUT2D eigenvalue weighted by Gasteiger charge is -2.09. The standard InChI is InChI=1S/C14H15ClN2O/c1-10(18)9-17-14-8-11(6-7-16-14)12-4-2-3-5-13(12)15/h2-8,10,18H,9H2,1H3,(H,16,17). The first-order valence-electron chi connectivity index (χ1n) is 5.79. The average molecular weight is 263 g/mol. The fourth-order valence-corrected chi connectivity index (χ4v) is 1.89. The molecule has 4 heteroatoms. The molecular formula is C14H15ClN2O. The van der Waals surface area contributed by atoms with Gasteiger partial charge in [0.15, 0.2) is 0 Å². The molecule has 0 fully saturated rings. The largest absolute Gasteiger partial charge is 0.392 e. The Morgan fingerprint density at radius 1 is 1.33 bits per heavy atom. The predicted octanol–water partition coefficient (Wildman–Crippen LogP) is 3.19. The number of hydrogen-bond acceptors (Lipinski definition) is 3. The molecule has 3 nitrogen and oxygen atoms in total. The number of nitrogens with one attached hydrogen (secondary N) is 1. The number of anilines is 1. The van der Waals surface area contributed by atoms with Crippen molar-refractivity contribution in [3.63, 3.8) is 0 Å². The third-order valence-electron chi connectivity index (χ3n) is 2.52. The maximum atomic E-state index is 9.23. The van der Waals surface area contributed by atoms with Crippen molar-refractivity contribution in [3.05, 3.63) is 47.6 Å². The summed E-state index contributed by atoms with van der Waals surface area (Å²) in [4.78, 5) is 4.20. The van der Waals surface area contributed by atoms with Crippen LogP contribution >= 0.6 is 11.6 Å². The molecule has 1 heterocycles. The maximum absolute atomic E-state index is 9.23. The molecule has 2 N–H and O–H groups in total. The van der Waals surface area contributed by atoms with Crippen LogP contribution in [0.5, 0.6) is 0 Å². The molecule has 0 bridgehead atoms. The SMILES string of the molecule is CC(O)CNc1cc(-c2ccccc2Cl)ccn1. The monoisotopic (exact) mass is 262 g/mol. The van der Waals surface area contributed by atoms with Crippen LogP contribution in [0.15, 0.2) is 42.6 Å². The van der Waals surface area contributed by atoms with Crippen molar-refractivity contribution in [3.8, 4) is 11.1 Å². The summed E-state index contributed by atoms with van der Waals surface area (Å²) >= 11 is 6.16. The van der Waals surface area contributed by atoms with Crippen molar-refractivity contribution >= 4 is 17.4 Å². The fraction of sp³-hybridized carbons (Fsp3) is 0.214. The zero-order valence-electron chi connectivity index (χ0n) is 10.1. The van der Waals surface area contributed by atoms with E-state index < -0.39 is 6.10 Å². The van der Waals surface area contributed by atoms with Crippen LogP contribution < -0.4 is 5.32 Å². The van der Waals surface area contributed by atoms with E-state index in [9.17, 15) is 5.11 Å². The molecule has 0 spiro atoms. The summed E-state index contributed by atoms with van der Waals surface area (Å²) in [6.45, 7) is 2.20. The van der Waals surface area contributed by atoms with Crippen molar-refractivity contribution in [2.75, 3.05) is 11.9 Å². The van der Waals surface area contributed by atoms with Gasteiger partial charge in [-0.05, 0) is 30.7 Å². The fourth-order valence-electron chi connectivity index (χ4n) is 1.64. The molecular weight excluding hydrogens is 248 g/mol. The van der Waals surface area contributed by atoms with E-state index in [0.29, 0.717) is 11.6 Å². The van der Waals surface area contributed by atoms with E-state index >= 15 is 0 Å². The first-order valence-corrected chi connectivity index (χ1v) is 6.17. The summed E-state index contributed by atoms with van der Waals surface area (Å²) in [5, 5.41) is 13.0. The Hall–Kier alpha value is -1.58. The van der Waals surface area contributed by atoms with Gasteiger partial charge in [0.25, 0.3) is 0 Å². The van der Waals surface area contributed by atoms with Crippen LogP contribution in [-0.4, -0.2) is 22.7 Å². The van der Waals surface area contributed by atoms with Gasteiger partial charge in [-0.1, -0.05) is 29.8 Å². The highest BCUT2D eigenvalue weighted by atomic mass is 35.5. The highest BCUT2D eigenvalue weighted by Gasteiger charge is 2.04. The molecule has 0 amide bonds. The molecule has 1 atom stereocenters. The molecule has 94 valence electrons. The summed E-state index contributed by atoms with van der Waals surface area (Å²) < 4.78 is 0. The highest BCUT2D eigenvalue weighted by Crippen LogP contribution is 2.28. The quantitative estimate of drug-likeness (QED) is 0.889. The number of halogens is 1. The van der Waals surface area contributed by atoms with Gasteiger partial charge in [-0.2, -0.15) is 0 Å². The third kappa shape index (κ3) is 3.22. The summed E-state index contributed by atoms with van der Waals surface area (Å²) in [7, 11) is 0. The number of pyridine rings is 1. The van der Waals surface area contributed by atoms with Gasteiger partial charge in [-0.3, -0.25) is 0 Å². The summed E-state index contributed by atoms with van der Waals surface area (Å²) in [5.41, 5.74) is 1.98. The molecule has 2 aromatic rings. The topological polar surface area (TPSA) is 45.1 Å². The van der Waals surface area contributed by atoms with Gasteiger partial charge in [0.2, 0.25) is 0 Å². The van der Waals surface area contributed by atoms with Gasteiger partial charge in [0, 0.05) is 23.3 Å². The summed E-state index contributed by atoms with van der Waals surface area (Å²) in [5.74, 6) is 0.730. The highest BCUT2D eigenvalue weighted by molar-refractivity contribution is 6.33. The average Bonchev–Trinajstić information content (AvgIpc) is 2.37. The van der Waals surface area contributed by atoms with Crippen molar-refractivity contribution < 1.29 is 5.11 Å². The van der Waals surface area contributed by atoms with Gasteiger partial charge in [-0.15, -0.1) is 0 Å². The number of nitrogens with zero attached hydrogens (tertiary/aromatic N) is 1. The van der Waals surface area contributed by atoms with Gasteiger partial charge in [0.05, 0.1) is 6.10 Å². The first kappa shape index (κ1) is 12.9. The van der Waals surface area contributed by atoms with E-state index in [1.165, 1.54) is 0 Å². The van der Waals surface area contributed by atoms with Crippen LogP contribution in [0.3, 0.4) is 0 Å². The smallest absolute Gasteiger partial charge is 0.126 e. The van der Waals surface area contributed by atoms with Crippen molar-refractivity contribution in [1.82, 2.24) is 4.98 Å². The molecule has 1 aromatic heterocycles. The zero-order valence-corrected chi connectivity index (χ0v) is 10.9. The number of aromatic nitrogens is 1. The van der Waals surface area contributed by atoms with Crippen molar-refractivity contribution in [1.29, 1.82) is 0 Å². The van der Waals surface area contributed by atoms with Gasteiger partial charge in [0.1, 0.15) is 5.82 Å². The summed E-state index contributed by atoms with van der Waals surface area (Å²) in [6, 6.07) is 11.5. The lowest BCUT2D eigenvalue weighted by atomic mass is 10.1. The van der Waals surface area contributed by atoms with Crippen LogP contribution in [0.4, 0.5) is 5.82 Å².